The van der Waals surface area contributed by atoms with E-state index < -0.39 is 0 Å². The molecule has 3 aromatic carbocycles. The van der Waals surface area contributed by atoms with Crippen molar-refractivity contribution in [1.82, 2.24) is 0 Å². The molecule has 0 heterocycles. The van der Waals surface area contributed by atoms with Gasteiger partial charge in [-0.15, -0.1) is 0 Å². The van der Waals surface area contributed by atoms with Gasteiger partial charge >= 0.3 is 0 Å². The normalized spacial score (nSPS) is 11.3. The molecule has 3 rings (SSSR count). The SMILES string of the molecule is Cc1ccc(N=Cc2c(O)ccc3ccccc23)cc1Br. The number of hydrogen-bond acceptors (Lipinski definition) is 2. The Morgan fingerprint density at radius 3 is 2.67 bits per heavy atom. The van der Waals surface area contributed by atoms with Crippen molar-refractivity contribution >= 4 is 38.6 Å². The molecule has 0 bridgehead atoms. The Morgan fingerprint density at radius 2 is 1.86 bits per heavy atom. The van der Waals surface area contributed by atoms with Crippen molar-refractivity contribution in [3.05, 3.63) is 70.2 Å². The van der Waals surface area contributed by atoms with Crippen LogP contribution in [0.5, 0.6) is 5.75 Å². The highest BCUT2D eigenvalue weighted by molar-refractivity contribution is 9.10. The summed E-state index contributed by atoms with van der Waals surface area (Å²) in [6.07, 6.45) is 1.72. The van der Waals surface area contributed by atoms with Crippen LogP contribution in [-0.4, -0.2) is 11.3 Å². The summed E-state index contributed by atoms with van der Waals surface area (Å²) >= 11 is 3.50. The third-order valence-electron chi connectivity index (χ3n) is 3.45. The molecule has 3 aromatic rings. The van der Waals surface area contributed by atoms with Crippen LogP contribution in [0.1, 0.15) is 11.1 Å². The van der Waals surface area contributed by atoms with Crippen molar-refractivity contribution < 1.29 is 5.11 Å². The number of nitrogens with zero attached hydrogens (tertiary/aromatic N) is 1. The molecule has 0 amide bonds. The number of phenols is 1. The molecule has 0 atom stereocenters. The van der Waals surface area contributed by atoms with Crippen molar-refractivity contribution in [3.63, 3.8) is 0 Å². The summed E-state index contributed by atoms with van der Waals surface area (Å²) in [7, 11) is 0. The molecule has 104 valence electrons. The Kier molecular flexibility index (Phi) is 3.76. The zero-order chi connectivity index (χ0) is 14.8. The van der Waals surface area contributed by atoms with E-state index in [2.05, 4.69) is 20.9 Å². The number of benzene rings is 3. The first kappa shape index (κ1) is 13.8. The van der Waals surface area contributed by atoms with E-state index >= 15 is 0 Å². The Hall–Kier alpha value is -2.13. The maximum absolute atomic E-state index is 10.1. The number of aromatic hydroxyl groups is 1. The first-order chi connectivity index (χ1) is 10.1. The third-order valence-corrected chi connectivity index (χ3v) is 4.30. The van der Waals surface area contributed by atoms with Crippen LogP contribution in [0.2, 0.25) is 0 Å². The molecule has 21 heavy (non-hydrogen) atoms. The second-order valence-corrected chi connectivity index (χ2v) is 5.77. The number of fused-ring (bicyclic) bond motifs is 1. The average molecular weight is 340 g/mol. The maximum atomic E-state index is 10.1. The van der Waals surface area contributed by atoms with Gasteiger partial charge in [0.05, 0.1) is 5.69 Å². The van der Waals surface area contributed by atoms with Crippen LogP contribution in [0.15, 0.2) is 64.1 Å². The molecule has 0 aliphatic carbocycles. The molecule has 2 nitrogen and oxygen atoms in total. The van der Waals surface area contributed by atoms with Crippen molar-refractivity contribution in [3.8, 4) is 5.75 Å². The standard InChI is InChI=1S/C18H14BrNO/c1-12-6-8-14(10-17(12)19)20-11-16-15-5-3-2-4-13(15)7-9-18(16)21/h2-11,21H,1H3. The number of hydrogen-bond donors (Lipinski definition) is 1. The van der Waals surface area contributed by atoms with Gasteiger partial charge in [-0.1, -0.05) is 52.3 Å². The fourth-order valence-electron chi connectivity index (χ4n) is 2.22. The monoisotopic (exact) mass is 339 g/mol. The number of aliphatic imine (C=N–C) groups is 1. The van der Waals surface area contributed by atoms with E-state index in [0.29, 0.717) is 0 Å². The minimum Gasteiger partial charge on any atom is -0.507 e. The third kappa shape index (κ3) is 2.83. The quantitative estimate of drug-likeness (QED) is 0.625. The van der Waals surface area contributed by atoms with Gasteiger partial charge in [0.25, 0.3) is 0 Å². The molecule has 0 fully saturated rings. The lowest BCUT2D eigenvalue weighted by Gasteiger charge is -2.05. The number of rotatable bonds is 2. The van der Waals surface area contributed by atoms with Gasteiger partial charge < -0.3 is 5.11 Å². The predicted octanol–water partition coefficient (Wildman–Crippen LogP) is 5.37. The second kappa shape index (κ2) is 5.70. The van der Waals surface area contributed by atoms with E-state index in [1.165, 1.54) is 5.56 Å². The largest absolute Gasteiger partial charge is 0.507 e. The van der Waals surface area contributed by atoms with Gasteiger partial charge in [-0.2, -0.15) is 0 Å². The van der Waals surface area contributed by atoms with Crippen LogP contribution in [0.3, 0.4) is 0 Å². The van der Waals surface area contributed by atoms with Crippen molar-refractivity contribution in [2.75, 3.05) is 0 Å². The minimum absolute atomic E-state index is 0.239. The van der Waals surface area contributed by atoms with Crippen LogP contribution in [-0.2, 0) is 0 Å². The van der Waals surface area contributed by atoms with Gasteiger partial charge in [-0.05, 0) is 41.5 Å². The number of phenolic OH excluding ortho intramolecular Hbond substituents is 1. The second-order valence-electron chi connectivity index (χ2n) is 4.91. The molecule has 0 aliphatic rings. The Morgan fingerprint density at radius 1 is 1.05 bits per heavy atom. The van der Waals surface area contributed by atoms with Crippen LogP contribution in [0.4, 0.5) is 5.69 Å². The summed E-state index contributed by atoms with van der Waals surface area (Å²) in [5.74, 6) is 0.239. The molecule has 0 aliphatic heterocycles. The molecule has 0 spiro atoms. The summed E-state index contributed by atoms with van der Waals surface area (Å²) in [5, 5.41) is 12.2. The van der Waals surface area contributed by atoms with Gasteiger partial charge in [-0.25, -0.2) is 0 Å². The van der Waals surface area contributed by atoms with Gasteiger partial charge in [-0.3, -0.25) is 4.99 Å². The van der Waals surface area contributed by atoms with E-state index in [1.807, 2.05) is 55.5 Å². The van der Waals surface area contributed by atoms with E-state index in [9.17, 15) is 5.11 Å². The maximum Gasteiger partial charge on any atom is 0.124 e. The molecular formula is C18H14BrNO. The van der Waals surface area contributed by atoms with Crippen LogP contribution >= 0.6 is 15.9 Å². The summed E-state index contributed by atoms with van der Waals surface area (Å²) in [6, 6.07) is 17.5. The fraction of sp³-hybridized carbons (Fsp3) is 0.0556. The fourth-order valence-corrected chi connectivity index (χ4v) is 2.59. The Bertz CT molecular complexity index is 840. The first-order valence-electron chi connectivity index (χ1n) is 6.66. The average Bonchev–Trinajstić information content (AvgIpc) is 2.50. The van der Waals surface area contributed by atoms with Crippen LogP contribution in [0, 0.1) is 6.92 Å². The zero-order valence-electron chi connectivity index (χ0n) is 11.5. The lowest BCUT2D eigenvalue weighted by atomic mass is 10.0. The van der Waals surface area contributed by atoms with E-state index in [1.54, 1.807) is 12.3 Å². The Balaban J connectivity index is 2.06. The van der Waals surface area contributed by atoms with Gasteiger partial charge in [0, 0.05) is 16.3 Å². The molecular weight excluding hydrogens is 326 g/mol. The molecule has 0 saturated carbocycles. The van der Waals surface area contributed by atoms with E-state index in [0.717, 1.165) is 26.5 Å². The van der Waals surface area contributed by atoms with Crippen LogP contribution < -0.4 is 0 Å². The van der Waals surface area contributed by atoms with Crippen molar-refractivity contribution in [1.29, 1.82) is 0 Å². The topological polar surface area (TPSA) is 32.6 Å². The van der Waals surface area contributed by atoms with Crippen molar-refractivity contribution in [2.45, 2.75) is 6.92 Å². The van der Waals surface area contributed by atoms with Crippen LogP contribution in [0.25, 0.3) is 10.8 Å². The van der Waals surface area contributed by atoms with Gasteiger partial charge in [0.2, 0.25) is 0 Å². The van der Waals surface area contributed by atoms with E-state index in [4.69, 9.17) is 0 Å². The lowest BCUT2D eigenvalue weighted by molar-refractivity contribution is 0.475. The minimum atomic E-state index is 0.239. The summed E-state index contributed by atoms with van der Waals surface area (Å²) in [6.45, 7) is 2.04. The summed E-state index contributed by atoms with van der Waals surface area (Å²) < 4.78 is 1.03. The summed E-state index contributed by atoms with van der Waals surface area (Å²) in [4.78, 5) is 4.47. The first-order valence-corrected chi connectivity index (χ1v) is 7.45. The summed E-state index contributed by atoms with van der Waals surface area (Å²) in [5.41, 5.74) is 2.76. The van der Waals surface area contributed by atoms with E-state index in [-0.39, 0.29) is 5.75 Å². The smallest absolute Gasteiger partial charge is 0.124 e. The predicted molar refractivity (Wildman–Crippen MR) is 91.7 cm³/mol. The van der Waals surface area contributed by atoms with Crippen molar-refractivity contribution in [2.24, 2.45) is 4.99 Å². The molecule has 0 radical (unpaired) electrons. The van der Waals surface area contributed by atoms with Gasteiger partial charge in [0.1, 0.15) is 5.75 Å². The highest BCUT2D eigenvalue weighted by atomic mass is 79.9. The molecule has 1 N–H and O–H groups in total. The number of halogens is 1. The zero-order valence-corrected chi connectivity index (χ0v) is 13.1. The Labute approximate surface area is 131 Å². The molecule has 0 saturated heterocycles. The molecule has 3 heteroatoms. The highest BCUT2D eigenvalue weighted by Crippen LogP contribution is 2.27. The molecule has 0 aromatic heterocycles. The number of aryl methyl sites for hydroxylation is 1. The molecule has 0 unspecified atom stereocenters. The van der Waals surface area contributed by atoms with Gasteiger partial charge in [0.15, 0.2) is 0 Å². The lowest BCUT2D eigenvalue weighted by Crippen LogP contribution is -1.86. The highest BCUT2D eigenvalue weighted by Gasteiger charge is 2.04.